The van der Waals surface area contributed by atoms with E-state index in [2.05, 4.69) is 4.98 Å². The van der Waals surface area contributed by atoms with Crippen molar-refractivity contribution >= 4 is 16.9 Å². The summed E-state index contributed by atoms with van der Waals surface area (Å²) in [5.41, 5.74) is 4.38. The van der Waals surface area contributed by atoms with Gasteiger partial charge in [-0.1, -0.05) is 18.2 Å². The van der Waals surface area contributed by atoms with Gasteiger partial charge >= 0.3 is 5.97 Å². The first-order chi connectivity index (χ1) is 18.0. The van der Waals surface area contributed by atoms with E-state index in [0.717, 1.165) is 34.1 Å². The van der Waals surface area contributed by atoms with Gasteiger partial charge < -0.3 is 14.2 Å². The Morgan fingerprint density at radius 1 is 1.03 bits per heavy atom. The van der Waals surface area contributed by atoms with Crippen LogP contribution in [0.4, 0.5) is 4.39 Å². The van der Waals surface area contributed by atoms with Crippen LogP contribution in [0.1, 0.15) is 54.2 Å². The summed E-state index contributed by atoms with van der Waals surface area (Å²) in [5.74, 6) is 1.76. The summed E-state index contributed by atoms with van der Waals surface area (Å²) in [5, 5.41) is 0.992. The zero-order valence-corrected chi connectivity index (χ0v) is 20.9. The predicted octanol–water partition coefficient (Wildman–Crippen LogP) is 7.21. The Hall–Kier alpha value is -3.93. The number of hydrogen-bond acceptors (Lipinski definition) is 5. The molecule has 0 spiro atoms. The lowest BCUT2D eigenvalue weighted by Gasteiger charge is -2.17. The van der Waals surface area contributed by atoms with E-state index in [1.165, 1.54) is 6.07 Å². The average Bonchev–Trinajstić information content (AvgIpc) is 3.59. The van der Waals surface area contributed by atoms with Gasteiger partial charge in [-0.3, -0.25) is 9.78 Å². The van der Waals surface area contributed by atoms with Crippen molar-refractivity contribution < 1.29 is 23.4 Å². The van der Waals surface area contributed by atoms with E-state index >= 15 is 0 Å². The van der Waals surface area contributed by atoms with Crippen LogP contribution in [0.5, 0.6) is 17.2 Å². The van der Waals surface area contributed by atoms with Crippen molar-refractivity contribution in [2.75, 3.05) is 6.61 Å². The third kappa shape index (κ3) is 4.64. The fourth-order valence-electron chi connectivity index (χ4n) is 5.28. The second-order valence-corrected chi connectivity index (χ2v) is 9.76. The van der Waals surface area contributed by atoms with Crippen molar-refractivity contribution in [3.63, 3.8) is 0 Å². The minimum Gasteiger partial charge on any atom is -0.486 e. The van der Waals surface area contributed by atoms with Crippen molar-refractivity contribution in [3.05, 3.63) is 94.9 Å². The number of aryl methyl sites for hydroxylation is 1. The van der Waals surface area contributed by atoms with Gasteiger partial charge in [-0.2, -0.15) is 0 Å². The molecular formula is C31H28FNO4. The number of nitrogens with zero attached hydrogens (tertiary/aromatic N) is 1. The zero-order chi connectivity index (χ0) is 25.5. The minimum atomic E-state index is -0.388. The van der Waals surface area contributed by atoms with Crippen LogP contribution in [-0.2, 0) is 16.0 Å². The number of hydrogen-bond donors (Lipinski definition) is 0. The molecule has 2 aliphatic carbocycles. The molecule has 188 valence electrons. The van der Waals surface area contributed by atoms with Crippen LogP contribution in [0.25, 0.3) is 10.9 Å². The molecule has 0 N–H and O–H groups in total. The van der Waals surface area contributed by atoms with Crippen molar-refractivity contribution in [2.24, 2.45) is 5.92 Å². The molecule has 1 heterocycles. The van der Waals surface area contributed by atoms with Crippen LogP contribution in [0, 0.1) is 18.7 Å². The molecule has 1 fully saturated rings. The molecule has 2 aliphatic rings. The van der Waals surface area contributed by atoms with Crippen LogP contribution in [0.3, 0.4) is 0 Å². The summed E-state index contributed by atoms with van der Waals surface area (Å²) in [4.78, 5) is 16.5. The molecule has 0 amide bonds. The molecule has 3 atom stereocenters. The molecule has 37 heavy (non-hydrogen) atoms. The van der Waals surface area contributed by atoms with Gasteiger partial charge in [-0.15, -0.1) is 0 Å². The molecule has 3 aromatic carbocycles. The number of rotatable bonds is 7. The smallest absolute Gasteiger partial charge is 0.309 e. The standard InChI is InChI=1S/C31H28FNO4/c1-3-35-31(34)25-17-24(25)19-6-8-21(9-7-19)36-29-14-11-23-28(15-12-26(32)30(23)29)37-22-10-13-27-20(16-22)5-4-18(2)33-27/h4-10,12-13,15-16,24-25,29H,3,11,14,17H2,1-2H3/t24-,25+,29-/m1/s1. The van der Waals surface area contributed by atoms with Gasteiger partial charge in [-0.25, -0.2) is 4.39 Å². The highest BCUT2D eigenvalue weighted by Gasteiger charge is 2.45. The van der Waals surface area contributed by atoms with Crippen molar-refractivity contribution in [1.29, 1.82) is 0 Å². The van der Waals surface area contributed by atoms with Gasteiger partial charge in [0.15, 0.2) is 0 Å². The van der Waals surface area contributed by atoms with Crippen molar-refractivity contribution in [1.82, 2.24) is 4.98 Å². The Labute approximate surface area is 215 Å². The van der Waals surface area contributed by atoms with Crippen molar-refractivity contribution in [3.8, 4) is 17.2 Å². The van der Waals surface area contributed by atoms with Gasteiger partial charge in [0, 0.05) is 22.2 Å². The number of benzene rings is 3. The summed E-state index contributed by atoms with van der Waals surface area (Å²) >= 11 is 0. The van der Waals surface area contributed by atoms with E-state index in [4.69, 9.17) is 14.2 Å². The second-order valence-electron chi connectivity index (χ2n) is 9.76. The molecule has 6 heteroatoms. The summed E-state index contributed by atoms with van der Waals surface area (Å²) in [6.45, 7) is 4.19. The Morgan fingerprint density at radius 2 is 1.84 bits per heavy atom. The van der Waals surface area contributed by atoms with Crippen LogP contribution >= 0.6 is 0 Å². The van der Waals surface area contributed by atoms with E-state index < -0.39 is 0 Å². The van der Waals surface area contributed by atoms with E-state index in [1.807, 2.05) is 68.4 Å². The number of halogens is 1. The van der Waals surface area contributed by atoms with Gasteiger partial charge in [-0.05, 0) is 93.1 Å². The quantitative estimate of drug-likeness (QED) is 0.253. The third-order valence-corrected chi connectivity index (χ3v) is 7.23. The average molecular weight is 498 g/mol. The Balaban J connectivity index is 1.18. The molecule has 6 rings (SSSR count). The van der Waals surface area contributed by atoms with Gasteiger partial charge in [0.2, 0.25) is 0 Å². The first-order valence-electron chi connectivity index (χ1n) is 12.8. The minimum absolute atomic E-state index is 0.0519. The maximum atomic E-state index is 15.0. The molecule has 0 unspecified atom stereocenters. The van der Waals surface area contributed by atoms with E-state index in [0.29, 0.717) is 42.3 Å². The lowest BCUT2D eigenvalue weighted by atomic mass is 10.1. The highest BCUT2D eigenvalue weighted by Crippen LogP contribution is 2.49. The molecule has 1 aromatic heterocycles. The summed E-state index contributed by atoms with van der Waals surface area (Å²) in [7, 11) is 0. The van der Waals surface area contributed by atoms with Crippen LogP contribution in [0.15, 0.2) is 66.7 Å². The maximum absolute atomic E-state index is 15.0. The first-order valence-corrected chi connectivity index (χ1v) is 12.8. The first kappa shape index (κ1) is 23.5. The molecule has 0 saturated heterocycles. The number of ether oxygens (including phenoxy) is 3. The second kappa shape index (κ2) is 9.51. The Bertz CT molecular complexity index is 1480. The van der Waals surface area contributed by atoms with Gasteiger partial charge in [0.1, 0.15) is 29.2 Å². The zero-order valence-electron chi connectivity index (χ0n) is 20.9. The molecule has 0 bridgehead atoms. The monoisotopic (exact) mass is 497 g/mol. The third-order valence-electron chi connectivity index (χ3n) is 7.23. The summed E-state index contributed by atoms with van der Waals surface area (Å²) in [6.07, 6.45) is 1.77. The Morgan fingerprint density at radius 3 is 2.65 bits per heavy atom. The van der Waals surface area contributed by atoms with Crippen LogP contribution < -0.4 is 9.47 Å². The van der Waals surface area contributed by atoms with E-state index in [9.17, 15) is 9.18 Å². The number of esters is 1. The number of pyridine rings is 1. The number of carbonyl (C=O) groups excluding carboxylic acids is 1. The fourth-order valence-corrected chi connectivity index (χ4v) is 5.28. The predicted molar refractivity (Wildman–Crippen MR) is 139 cm³/mol. The van der Waals surface area contributed by atoms with E-state index in [1.54, 1.807) is 6.07 Å². The lowest BCUT2D eigenvalue weighted by molar-refractivity contribution is -0.144. The lowest BCUT2D eigenvalue weighted by Crippen LogP contribution is -2.07. The van der Waals surface area contributed by atoms with Gasteiger partial charge in [0.05, 0.1) is 18.0 Å². The number of aromatic nitrogens is 1. The number of carbonyl (C=O) groups is 1. The highest BCUT2D eigenvalue weighted by molar-refractivity contribution is 5.80. The molecule has 5 nitrogen and oxygen atoms in total. The summed E-state index contributed by atoms with van der Waals surface area (Å²) in [6, 6.07) is 20.7. The molecule has 4 aromatic rings. The number of fused-ring (bicyclic) bond motifs is 2. The SMILES string of the molecule is CCOC(=O)[C@H]1C[C@@H]1c1ccc(O[C@@H]2CCc3c(Oc4ccc5nc(C)ccc5c4)ccc(F)c32)cc1. The molecule has 0 aliphatic heterocycles. The van der Waals surface area contributed by atoms with Gasteiger partial charge in [0.25, 0.3) is 0 Å². The topological polar surface area (TPSA) is 57.7 Å². The molecular weight excluding hydrogens is 469 g/mol. The Kier molecular flexibility index (Phi) is 6.03. The van der Waals surface area contributed by atoms with Crippen LogP contribution in [0.2, 0.25) is 0 Å². The summed E-state index contributed by atoms with van der Waals surface area (Å²) < 4.78 is 32.6. The van der Waals surface area contributed by atoms with E-state index in [-0.39, 0.29) is 29.7 Å². The maximum Gasteiger partial charge on any atom is 0.309 e. The van der Waals surface area contributed by atoms with Crippen LogP contribution in [-0.4, -0.2) is 17.6 Å². The van der Waals surface area contributed by atoms with Crippen molar-refractivity contribution in [2.45, 2.75) is 45.1 Å². The molecule has 1 saturated carbocycles. The largest absolute Gasteiger partial charge is 0.486 e. The highest BCUT2D eigenvalue weighted by atomic mass is 19.1. The normalized spacial score (nSPS) is 19.9. The fraction of sp³-hybridized carbons (Fsp3) is 0.290. The molecule has 0 radical (unpaired) electrons.